The van der Waals surface area contributed by atoms with E-state index in [0.29, 0.717) is 13.0 Å². The van der Waals surface area contributed by atoms with Gasteiger partial charge in [0.05, 0.1) is 65.2 Å². The van der Waals surface area contributed by atoms with E-state index in [1.165, 1.54) is 110 Å². The lowest BCUT2D eigenvalue weighted by molar-refractivity contribution is -0.159. The number of para-hydroxylation sites is 4. The van der Waals surface area contributed by atoms with Crippen molar-refractivity contribution in [1.29, 1.82) is 0 Å². The van der Waals surface area contributed by atoms with E-state index in [9.17, 15) is 20.1 Å². The van der Waals surface area contributed by atoms with Gasteiger partial charge in [0.15, 0.2) is 22.8 Å². The number of ether oxygens (including phenoxy) is 1. The fourth-order valence-corrected chi connectivity index (χ4v) is 22.2. The van der Waals surface area contributed by atoms with Gasteiger partial charge in [-0.2, -0.15) is 0 Å². The molecule has 0 saturated heterocycles. The van der Waals surface area contributed by atoms with Gasteiger partial charge in [-0.05, 0) is 113 Å². The Morgan fingerprint density at radius 1 is 0.579 bits per heavy atom. The van der Waals surface area contributed by atoms with Crippen LogP contribution >= 0.6 is 132 Å². The predicted molar refractivity (Wildman–Crippen MR) is 250 cm³/mol. The van der Waals surface area contributed by atoms with Gasteiger partial charge in [-0.3, -0.25) is 4.18 Å². The minimum atomic E-state index is -1.74. The minimum absolute atomic E-state index is 0.677. The Morgan fingerprint density at radius 3 is 1.35 bits per heavy atom. The number of carbonyl (C=O) groups is 1. The molecule has 10 nitrogen and oxygen atoms in total. The fourth-order valence-electron chi connectivity index (χ4n) is 5.11. The summed E-state index contributed by atoms with van der Waals surface area (Å²) < 4.78 is 18.2. The molecule has 4 aromatic heterocycles. The quantitative estimate of drug-likeness (QED) is 0.0305. The van der Waals surface area contributed by atoms with Crippen LogP contribution in [0.15, 0.2) is 114 Å². The topological polar surface area (TPSA) is 148 Å². The predicted octanol–water partition coefficient (Wildman–Crippen LogP) is 11.6. The Hall–Kier alpha value is -1.45. The molecule has 4 aromatic carbocycles. The second kappa shape index (κ2) is 19.5. The van der Waals surface area contributed by atoms with Crippen molar-refractivity contribution in [3.8, 4) is 0 Å². The second-order valence-corrected chi connectivity index (χ2v) is 25.6. The van der Waals surface area contributed by atoms with Gasteiger partial charge in [-0.15, -0.1) is 45.3 Å². The van der Waals surface area contributed by atoms with Crippen molar-refractivity contribution in [1.82, 2.24) is 19.9 Å². The van der Waals surface area contributed by atoms with Crippen molar-refractivity contribution in [2.75, 3.05) is 19.8 Å². The average molecular weight is 983 g/mol. The van der Waals surface area contributed by atoms with Crippen LogP contribution in [0.5, 0.6) is 0 Å². The van der Waals surface area contributed by atoms with E-state index in [4.69, 9.17) is 28.9 Å². The van der Waals surface area contributed by atoms with Gasteiger partial charge in [0.25, 0.3) is 0 Å². The first-order chi connectivity index (χ1) is 27.9. The maximum Gasteiger partial charge on any atom is 0.332 e. The number of aliphatic hydroxyl groups is 3. The maximum absolute atomic E-state index is 13.1. The number of benzene rings is 4. The van der Waals surface area contributed by atoms with Crippen molar-refractivity contribution in [3.63, 3.8) is 0 Å². The molecular formula is C35H26N4O6S12. The zero-order chi connectivity index (χ0) is 39.2. The van der Waals surface area contributed by atoms with Gasteiger partial charge in [-0.25, -0.2) is 24.7 Å². The van der Waals surface area contributed by atoms with E-state index >= 15 is 0 Å². The first-order valence-corrected chi connectivity index (χ1v) is 28.3. The third-order valence-electron chi connectivity index (χ3n) is 7.99. The highest BCUT2D eigenvalue weighted by Gasteiger charge is 2.62. The van der Waals surface area contributed by atoms with Gasteiger partial charge < -0.3 is 20.1 Å². The van der Waals surface area contributed by atoms with Crippen LogP contribution in [0.25, 0.3) is 40.9 Å². The molecule has 3 N–H and O–H groups in total. The largest absolute Gasteiger partial charge is 0.448 e. The van der Waals surface area contributed by atoms with Crippen LogP contribution in [0, 0.1) is 5.41 Å². The summed E-state index contributed by atoms with van der Waals surface area (Å²) in [4.78, 5) is 32.3. The lowest BCUT2D eigenvalue weighted by Crippen LogP contribution is -2.56. The van der Waals surface area contributed by atoms with E-state index in [0.717, 1.165) is 67.1 Å². The molecule has 0 saturated carbocycles. The maximum atomic E-state index is 13.1. The van der Waals surface area contributed by atoms with Crippen molar-refractivity contribution in [3.05, 3.63) is 97.1 Å². The molecule has 1 unspecified atom stereocenters. The molecule has 0 fully saturated rings. The van der Waals surface area contributed by atoms with Crippen LogP contribution in [-0.2, 0) is 13.7 Å². The number of fused-ring (bicyclic) bond motifs is 4. The lowest BCUT2D eigenvalue weighted by Gasteiger charge is -2.47. The average Bonchev–Trinajstić information content (AvgIpc) is 4.05. The van der Waals surface area contributed by atoms with Crippen molar-refractivity contribution in [2.45, 2.75) is 27.1 Å². The standard InChI is InChI=1S/C35H26N4O6S12/c40-17-28(43)44-29(50-51-30-36-20-9-1-5-13-24(20)46-30)34(18-41,19-42)35(55-52-31-37-21-10-2-6-14-25(21)47-31,56-53-32-38-22-11-3-7-15-26(22)48-32)45-57-54-33-39-23-12-4-8-16-27(23)49-33/h1-16,29,40-42H,17-19H2. The first-order valence-electron chi connectivity index (χ1n) is 16.4. The Morgan fingerprint density at radius 2 is 0.965 bits per heavy atom. The number of rotatable bonds is 19. The van der Waals surface area contributed by atoms with Gasteiger partial charge in [0, 0.05) is 10.8 Å². The summed E-state index contributed by atoms with van der Waals surface area (Å²) >= 11 is 7.05. The molecule has 0 aliphatic rings. The van der Waals surface area contributed by atoms with Gasteiger partial charge >= 0.3 is 5.97 Å². The van der Waals surface area contributed by atoms with E-state index in [1.54, 1.807) is 0 Å². The molecule has 0 radical (unpaired) electrons. The Balaban J connectivity index is 1.20. The summed E-state index contributed by atoms with van der Waals surface area (Å²) in [5.74, 6) is -0.929. The summed E-state index contributed by atoms with van der Waals surface area (Å²) in [6.07, 6.45) is 0. The Bertz CT molecular complexity index is 2400. The minimum Gasteiger partial charge on any atom is -0.448 e. The monoisotopic (exact) mass is 982 g/mol. The summed E-state index contributed by atoms with van der Waals surface area (Å²) in [6.45, 7) is -2.28. The van der Waals surface area contributed by atoms with E-state index in [1.807, 2.05) is 97.1 Å². The van der Waals surface area contributed by atoms with Crippen LogP contribution in [-0.4, -0.2) is 70.7 Å². The van der Waals surface area contributed by atoms with Crippen LogP contribution in [0.4, 0.5) is 0 Å². The second-order valence-electron chi connectivity index (χ2n) is 11.5. The number of carbonyl (C=O) groups excluding carboxylic acids is 1. The van der Waals surface area contributed by atoms with E-state index < -0.39 is 40.9 Å². The van der Waals surface area contributed by atoms with Crippen LogP contribution in [0.2, 0.25) is 0 Å². The normalized spacial score (nSPS) is 13.0. The Labute approximate surface area is 373 Å². The number of esters is 1. The number of hydrogen-bond acceptors (Lipinski definition) is 22. The number of aliphatic hydroxyl groups excluding tert-OH is 3. The van der Waals surface area contributed by atoms with E-state index in [2.05, 4.69) is 0 Å². The smallest absolute Gasteiger partial charge is 0.332 e. The molecule has 8 aromatic rings. The highest BCUT2D eigenvalue weighted by Crippen LogP contribution is 2.67. The van der Waals surface area contributed by atoms with Gasteiger partial charge in [-0.1, -0.05) is 48.5 Å². The number of nitrogens with zero attached hydrogens (tertiary/aromatic N) is 4. The van der Waals surface area contributed by atoms with E-state index in [-0.39, 0.29) is 0 Å². The third-order valence-corrected chi connectivity index (χ3v) is 24.7. The SMILES string of the molecule is O=C(CO)OC(SSc1nc2ccccc2s1)C(CO)(CO)C(OSSc1nc2ccccc2s1)(SSc1nc2ccccc2s1)SSc1nc2ccccc2s1. The molecule has 0 aliphatic carbocycles. The van der Waals surface area contributed by atoms with Crippen LogP contribution in [0.3, 0.4) is 0 Å². The summed E-state index contributed by atoms with van der Waals surface area (Å²) in [7, 11) is 8.84. The third kappa shape index (κ3) is 9.56. The molecule has 57 heavy (non-hydrogen) atoms. The number of hydrogen-bond donors (Lipinski definition) is 3. The van der Waals surface area contributed by atoms with Crippen LogP contribution < -0.4 is 0 Å². The molecule has 0 aliphatic heterocycles. The molecule has 8 rings (SSSR count). The summed E-state index contributed by atoms with van der Waals surface area (Å²) in [5.41, 5.74) is 0.333. The van der Waals surface area contributed by atoms with Crippen molar-refractivity contribution < 1.29 is 29.0 Å². The highest BCUT2D eigenvalue weighted by atomic mass is 33.1. The molecule has 4 heterocycles. The zero-order valence-corrected chi connectivity index (χ0v) is 38.5. The molecule has 0 amide bonds. The molecule has 0 spiro atoms. The molecular weight excluding hydrogens is 957 g/mol. The highest BCUT2D eigenvalue weighted by molar-refractivity contribution is 8.86. The van der Waals surface area contributed by atoms with Crippen LogP contribution in [0.1, 0.15) is 0 Å². The lowest BCUT2D eigenvalue weighted by atomic mass is 9.91. The van der Waals surface area contributed by atoms with Crippen molar-refractivity contribution >= 4 is 179 Å². The molecule has 294 valence electrons. The van der Waals surface area contributed by atoms with Crippen molar-refractivity contribution in [2.24, 2.45) is 5.41 Å². The molecule has 22 heteroatoms. The molecule has 0 bridgehead atoms. The van der Waals surface area contributed by atoms with Gasteiger partial charge in [0.2, 0.25) is 4.27 Å². The first kappa shape index (κ1) is 42.2. The number of thiazole rings is 4. The fraction of sp³-hybridized carbons (Fsp3) is 0.171. The number of aromatic nitrogens is 4. The van der Waals surface area contributed by atoms with Gasteiger partial charge in [0.1, 0.15) is 12.0 Å². The zero-order valence-electron chi connectivity index (χ0n) is 28.7. The molecule has 1 atom stereocenters. The Kier molecular flexibility index (Phi) is 14.5. The summed E-state index contributed by atoms with van der Waals surface area (Å²) in [5, 5.41) is 33.3. The summed E-state index contributed by atoms with van der Waals surface area (Å²) in [6, 6.07) is 31.3.